The maximum Gasteiger partial charge on any atom is 0.434 e. The number of amides is 1. The van der Waals surface area contributed by atoms with Crippen LogP contribution < -0.4 is 0 Å². The zero-order valence-electron chi connectivity index (χ0n) is 8.11. The number of rotatable bonds is 1. The second-order valence-electron chi connectivity index (χ2n) is 3.94. The number of carbonyl (C=O) groups is 1. The summed E-state index contributed by atoms with van der Waals surface area (Å²) < 4.78 is 5.02. The minimum atomic E-state index is -0.544. The summed E-state index contributed by atoms with van der Waals surface area (Å²) in [6, 6.07) is -0.255. The Morgan fingerprint density at radius 2 is 2.31 bits per heavy atom. The van der Waals surface area contributed by atoms with Crippen molar-refractivity contribution in [3.63, 3.8) is 0 Å². The first-order valence-electron chi connectivity index (χ1n) is 4.20. The Morgan fingerprint density at radius 3 is 2.62 bits per heavy atom. The molecule has 1 rings (SSSR count). The first-order valence-corrected chi connectivity index (χ1v) is 4.20. The second-order valence-corrected chi connectivity index (χ2v) is 3.94. The van der Waals surface area contributed by atoms with E-state index in [2.05, 4.69) is 0 Å². The molecule has 0 aromatic carbocycles. The highest BCUT2D eigenvalue weighted by molar-refractivity contribution is 5.67. The minimum Gasteiger partial charge on any atom is -0.442 e. The molecule has 0 spiro atoms. The Morgan fingerprint density at radius 1 is 1.69 bits per heavy atom. The molecule has 1 heterocycles. The van der Waals surface area contributed by atoms with Gasteiger partial charge in [0, 0.05) is 0 Å². The van der Waals surface area contributed by atoms with Crippen LogP contribution in [0.25, 0.3) is 0 Å². The molecular weight excluding hydrogens is 174 g/mol. The highest BCUT2D eigenvalue weighted by Crippen LogP contribution is 2.17. The largest absolute Gasteiger partial charge is 0.442 e. The van der Waals surface area contributed by atoms with Crippen molar-refractivity contribution in [2.75, 3.05) is 13.2 Å². The van der Waals surface area contributed by atoms with Gasteiger partial charge in [-0.15, -0.1) is 0 Å². The molecule has 1 atom stereocenters. The number of ether oxygens (including phenoxy) is 1. The minimum absolute atomic E-state index is 0.0980. The van der Waals surface area contributed by atoms with Gasteiger partial charge < -0.3 is 9.84 Å². The number of hydrogen-bond acceptors (Lipinski definition) is 4. The Balaban J connectivity index is 2.40. The van der Waals surface area contributed by atoms with Crippen molar-refractivity contribution in [3.05, 3.63) is 0 Å². The van der Waals surface area contributed by atoms with Crippen LogP contribution in [-0.2, 0) is 9.57 Å². The van der Waals surface area contributed by atoms with E-state index < -0.39 is 11.7 Å². The Kier molecular flexibility index (Phi) is 2.77. The Bertz CT molecular complexity index is 197. The average Bonchev–Trinajstić information content (AvgIpc) is 1.80. The fourth-order valence-electron chi connectivity index (χ4n) is 0.890. The van der Waals surface area contributed by atoms with Gasteiger partial charge in [0.05, 0.1) is 6.61 Å². The molecule has 13 heavy (non-hydrogen) atoms. The molecule has 0 radical (unpaired) electrons. The van der Waals surface area contributed by atoms with Crippen molar-refractivity contribution in [2.45, 2.75) is 32.4 Å². The van der Waals surface area contributed by atoms with Crippen molar-refractivity contribution in [3.8, 4) is 0 Å². The molecule has 0 aromatic heterocycles. The van der Waals surface area contributed by atoms with E-state index in [0.717, 1.165) is 5.06 Å². The van der Waals surface area contributed by atoms with E-state index in [1.54, 1.807) is 20.8 Å². The van der Waals surface area contributed by atoms with Crippen molar-refractivity contribution in [2.24, 2.45) is 0 Å². The summed E-state index contributed by atoms with van der Waals surface area (Å²) in [5.74, 6) is 0. The first kappa shape index (κ1) is 10.3. The molecule has 0 aliphatic carbocycles. The van der Waals surface area contributed by atoms with E-state index in [4.69, 9.17) is 14.7 Å². The van der Waals surface area contributed by atoms with E-state index >= 15 is 0 Å². The van der Waals surface area contributed by atoms with E-state index in [1.165, 1.54) is 0 Å². The van der Waals surface area contributed by atoms with Crippen LogP contribution >= 0.6 is 0 Å². The van der Waals surface area contributed by atoms with Gasteiger partial charge in [0.1, 0.15) is 18.2 Å². The standard InChI is InChI=1S/C8H15NO4/c1-8(2,3)13-7(11)9-6(4-10)5-12-9/h6,10H,4-5H2,1-3H3. The van der Waals surface area contributed by atoms with Crippen LogP contribution in [0.5, 0.6) is 0 Å². The molecular formula is C8H15NO4. The summed E-state index contributed by atoms with van der Waals surface area (Å²) in [6.45, 7) is 5.60. The molecule has 76 valence electrons. The van der Waals surface area contributed by atoms with Crippen LogP contribution in [0.3, 0.4) is 0 Å². The maximum atomic E-state index is 11.3. The molecule has 0 aromatic rings. The summed E-state index contributed by atoms with van der Waals surface area (Å²) in [7, 11) is 0. The van der Waals surface area contributed by atoms with Gasteiger partial charge in [-0.05, 0) is 20.8 Å². The van der Waals surface area contributed by atoms with Gasteiger partial charge >= 0.3 is 6.09 Å². The summed E-state index contributed by atoms with van der Waals surface area (Å²) >= 11 is 0. The van der Waals surface area contributed by atoms with Crippen LogP contribution in [0.15, 0.2) is 0 Å². The number of hydrogen-bond donors (Lipinski definition) is 1. The van der Waals surface area contributed by atoms with Gasteiger partial charge in [0.2, 0.25) is 0 Å². The summed E-state index contributed by atoms with van der Waals surface area (Å²) in [5, 5.41) is 9.83. The zero-order valence-corrected chi connectivity index (χ0v) is 8.11. The third-order valence-electron chi connectivity index (χ3n) is 1.52. The SMILES string of the molecule is CC(C)(C)OC(=O)N1OCC1CO. The van der Waals surface area contributed by atoms with Crippen molar-refractivity contribution < 1.29 is 19.5 Å². The lowest BCUT2D eigenvalue weighted by Crippen LogP contribution is -2.56. The highest BCUT2D eigenvalue weighted by Gasteiger charge is 2.36. The summed E-state index contributed by atoms with van der Waals surface area (Å²) in [5.41, 5.74) is -0.532. The molecule has 1 N–H and O–H groups in total. The second kappa shape index (κ2) is 3.51. The number of aliphatic hydroxyl groups excluding tert-OH is 1. The molecule has 5 heteroatoms. The van der Waals surface area contributed by atoms with E-state index in [1.807, 2.05) is 0 Å². The third kappa shape index (κ3) is 2.57. The summed E-state index contributed by atoms with van der Waals surface area (Å²) in [6.07, 6.45) is -0.544. The van der Waals surface area contributed by atoms with Gasteiger partial charge in [-0.2, -0.15) is 5.06 Å². The maximum absolute atomic E-state index is 11.3. The van der Waals surface area contributed by atoms with Crippen LogP contribution in [0.1, 0.15) is 20.8 Å². The quantitative estimate of drug-likeness (QED) is 0.653. The smallest absolute Gasteiger partial charge is 0.434 e. The average molecular weight is 189 g/mol. The monoisotopic (exact) mass is 189 g/mol. The predicted molar refractivity (Wildman–Crippen MR) is 44.9 cm³/mol. The van der Waals surface area contributed by atoms with Crippen LogP contribution in [-0.4, -0.2) is 41.1 Å². The fraction of sp³-hybridized carbons (Fsp3) is 0.875. The van der Waals surface area contributed by atoms with Crippen LogP contribution in [0.2, 0.25) is 0 Å². The van der Waals surface area contributed by atoms with Crippen molar-refractivity contribution in [1.82, 2.24) is 5.06 Å². The van der Waals surface area contributed by atoms with Crippen LogP contribution in [0.4, 0.5) is 4.79 Å². The predicted octanol–water partition coefficient (Wildman–Crippen LogP) is 0.530. The fourth-order valence-corrected chi connectivity index (χ4v) is 0.890. The van der Waals surface area contributed by atoms with Gasteiger partial charge in [0.25, 0.3) is 0 Å². The lowest BCUT2D eigenvalue weighted by molar-refractivity contribution is -0.271. The number of carbonyl (C=O) groups excluding carboxylic acids is 1. The van der Waals surface area contributed by atoms with E-state index in [0.29, 0.717) is 6.61 Å². The molecule has 5 nitrogen and oxygen atoms in total. The zero-order chi connectivity index (χ0) is 10.1. The van der Waals surface area contributed by atoms with Gasteiger partial charge in [0.15, 0.2) is 0 Å². The molecule has 1 aliphatic heterocycles. The molecule has 1 unspecified atom stereocenters. The highest BCUT2D eigenvalue weighted by atomic mass is 16.8. The molecule has 0 bridgehead atoms. The van der Waals surface area contributed by atoms with Crippen molar-refractivity contribution in [1.29, 1.82) is 0 Å². The molecule has 1 fully saturated rings. The first-order chi connectivity index (χ1) is 5.94. The lowest BCUT2D eigenvalue weighted by Gasteiger charge is -2.38. The number of hydroxylamine groups is 2. The topological polar surface area (TPSA) is 59.0 Å². The van der Waals surface area contributed by atoms with Gasteiger partial charge in [-0.25, -0.2) is 4.79 Å². The van der Waals surface area contributed by atoms with Gasteiger partial charge in [-0.1, -0.05) is 0 Å². The third-order valence-corrected chi connectivity index (χ3v) is 1.52. The van der Waals surface area contributed by atoms with Gasteiger partial charge in [-0.3, -0.25) is 4.84 Å². The molecule has 1 amide bonds. The van der Waals surface area contributed by atoms with E-state index in [-0.39, 0.29) is 12.6 Å². The summed E-state index contributed by atoms with van der Waals surface area (Å²) in [4.78, 5) is 16.1. The van der Waals surface area contributed by atoms with Crippen molar-refractivity contribution >= 4 is 6.09 Å². The van der Waals surface area contributed by atoms with E-state index in [9.17, 15) is 4.79 Å². The number of nitrogens with zero attached hydrogens (tertiary/aromatic N) is 1. The molecule has 0 saturated carbocycles. The van der Waals surface area contributed by atoms with Crippen LogP contribution in [0, 0.1) is 0 Å². The normalized spacial score (nSPS) is 22.5. The Hall–Kier alpha value is -0.810. The Labute approximate surface area is 77.2 Å². The number of aliphatic hydroxyl groups is 1. The molecule has 1 saturated heterocycles. The lowest BCUT2D eigenvalue weighted by atomic mass is 10.2. The molecule has 1 aliphatic rings.